The summed E-state index contributed by atoms with van der Waals surface area (Å²) in [6, 6.07) is 6.97. The van der Waals surface area contributed by atoms with Crippen LogP contribution in [0.25, 0.3) is 0 Å². The van der Waals surface area contributed by atoms with E-state index < -0.39 is 47.6 Å². The lowest BCUT2D eigenvalue weighted by Gasteiger charge is -2.38. The molecule has 3 amide bonds. The molecule has 0 unspecified atom stereocenters. The molecule has 44 heavy (non-hydrogen) atoms. The summed E-state index contributed by atoms with van der Waals surface area (Å²) in [5.74, 6) is -3.10. The Morgan fingerprint density at radius 3 is 2.64 bits per heavy atom. The molecule has 2 bridgehead atoms. The third-order valence-electron chi connectivity index (χ3n) is 9.19. The summed E-state index contributed by atoms with van der Waals surface area (Å²) in [6.45, 7) is 11.7. The van der Waals surface area contributed by atoms with Gasteiger partial charge in [-0.15, -0.1) is 13.2 Å². The molecular formula is C34H47N3O7. The van der Waals surface area contributed by atoms with Crippen molar-refractivity contribution in [2.45, 2.75) is 88.6 Å². The van der Waals surface area contributed by atoms with Crippen molar-refractivity contribution in [2.24, 2.45) is 11.8 Å². The Bertz CT molecular complexity index is 1210. The zero-order valence-corrected chi connectivity index (χ0v) is 26.0. The Kier molecular flexibility index (Phi) is 11.4. The highest BCUT2D eigenvalue weighted by Gasteiger charge is 2.75. The van der Waals surface area contributed by atoms with Gasteiger partial charge in [-0.25, -0.2) is 0 Å². The van der Waals surface area contributed by atoms with Gasteiger partial charge in [-0.1, -0.05) is 62.2 Å². The molecule has 1 aromatic rings. The molecule has 240 valence electrons. The number of aliphatic hydroxyl groups is 1. The number of fused-ring (bicyclic) bond motifs is 1. The molecular weight excluding hydrogens is 562 g/mol. The number of nitrogens with one attached hydrogen (secondary N) is 1. The minimum atomic E-state index is -1.17. The molecule has 0 aliphatic carbocycles. The van der Waals surface area contributed by atoms with Gasteiger partial charge in [-0.2, -0.15) is 0 Å². The topological polar surface area (TPSA) is 125 Å². The largest absolute Gasteiger partial charge is 0.463 e. The normalized spacial score (nSPS) is 26.5. The van der Waals surface area contributed by atoms with Crippen molar-refractivity contribution < 1.29 is 33.8 Å². The number of hydrogen-bond donors (Lipinski definition) is 2. The summed E-state index contributed by atoms with van der Waals surface area (Å²) in [5, 5.41) is 13.2. The lowest BCUT2D eigenvalue weighted by molar-refractivity contribution is -0.151. The van der Waals surface area contributed by atoms with Crippen molar-refractivity contribution in [1.82, 2.24) is 15.1 Å². The van der Waals surface area contributed by atoms with E-state index in [1.54, 1.807) is 24.0 Å². The number of amides is 3. The number of allylic oxidation sites excluding steroid dienone is 1. The predicted molar refractivity (Wildman–Crippen MR) is 165 cm³/mol. The molecule has 10 nitrogen and oxygen atoms in total. The second-order valence-corrected chi connectivity index (χ2v) is 12.1. The number of likely N-dealkylation sites (tertiary alicyclic amines) is 1. The van der Waals surface area contributed by atoms with Gasteiger partial charge in [0.2, 0.25) is 17.7 Å². The van der Waals surface area contributed by atoms with Gasteiger partial charge >= 0.3 is 5.97 Å². The van der Waals surface area contributed by atoms with Gasteiger partial charge in [0.25, 0.3) is 0 Å². The molecule has 0 radical (unpaired) electrons. The number of aliphatic hydroxyl groups excluding tert-OH is 1. The number of hydrogen-bond acceptors (Lipinski definition) is 7. The summed E-state index contributed by atoms with van der Waals surface area (Å²) in [4.78, 5) is 58.0. The number of nitrogens with zero attached hydrogens (tertiary/aromatic N) is 2. The molecule has 3 fully saturated rings. The standard InChI is InChI=1S/C34H47N3O7/c1-5-8-13-20-36(19-7-3)33(42)30-34-18-17-26(44-34)28(29(34)32(41)37(30)23(4)21-38)31(40)35-25(24-14-11-10-12-15-24)22-43-27(39)16-9-6-2/h6-7,10-12,14-15,23,25-26,28-30,38H,2-3,5,8-9,13,16-22H2,1,4H3,(H,35,40)/t23-,25-,26-,28+,29+,30-,34+/m1/s1. The molecule has 4 rings (SSSR count). The van der Waals surface area contributed by atoms with Gasteiger partial charge in [0.05, 0.1) is 36.6 Å². The van der Waals surface area contributed by atoms with Crippen molar-refractivity contribution >= 4 is 23.7 Å². The van der Waals surface area contributed by atoms with Gasteiger partial charge in [0.1, 0.15) is 18.2 Å². The van der Waals surface area contributed by atoms with Crippen molar-refractivity contribution in [2.75, 3.05) is 26.3 Å². The second kappa shape index (κ2) is 15.0. The second-order valence-electron chi connectivity index (χ2n) is 12.1. The minimum absolute atomic E-state index is 0.0726. The molecule has 0 aromatic heterocycles. The number of carbonyl (C=O) groups is 4. The van der Waals surface area contributed by atoms with Crippen LogP contribution in [0.15, 0.2) is 55.6 Å². The first-order chi connectivity index (χ1) is 21.2. The first-order valence-corrected chi connectivity index (χ1v) is 15.9. The lowest BCUT2D eigenvalue weighted by atomic mass is 9.70. The van der Waals surface area contributed by atoms with Crippen LogP contribution in [-0.2, 0) is 28.7 Å². The van der Waals surface area contributed by atoms with Crippen LogP contribution in [0.4, 0.5) is 0 Å². The zero-order valence-electron chi connectivity index (χ0n) is 26.0. The Labute approximate surface area is 260 Å². The highest BCUT2D eigenvalue weighted by atomic mass is 16.5. The third-order valence-corrected chi connectivity index (χ3v) is 9.19. The Morgan fingerprint density at radius 1 is 1.23 bits per heavy atom. The third kappa shape index (κ3) is 6.61. The van der Waals surface area contributed by atoms with Gasteiger partial charge in [0, 0.05) is 19.5 Å². The lowest BCUT2D eigenvalue weighted by Crippen LogP contribution is -2.58. The van der Waals surface area contributed by atoms with E-state index in [1.807, 2.05) is 30.3 Å². The van der Waals surface area contributed by atoms with Crippen molar-refractivity contribution in [1.29, 1.82) is 0 Å². The van der Waals surface area contributed by atoms with Crippen LogP contribution in [0.5, 0.6) is 0 Å². The average Bonchev–Trinajstić information content (AvgIpc) is 3.68. The highest BCUT2D eigenvalue weighted by molar-refractivity contribution is 5.99. The van der Waals surface area contributed by atoms with E-state index in [4.69, 9.17) is 9.47 Å². The molecule has 1 aromatic carbocycles. The van der Waals surface area contributed by atoms with E-state index >= 15 is 0 Å². The first-order valence-electron chi connectivity index (χ1n) is 15.9. The highest BCUT2D eigenvalue weighted by Crippen LogP contribution is 2.59. The van der Waals surface area contributed by atoms with Crippen molar-refractivity contribution in [3.05, 3.63) is 61.2 Å². The Morgan fingerprint density at radius 2 is 1.98 bits per heavy atom. The van der Waals surface area contributed by atoms with Crippen molar-refractivity contribution in [3.8, 4) is 0 Å². The van der Waals surface area contributed by atoms with Crippen LogP contribution in [0.1, 0.15) is 70.4 Å². The monoisotopic (exact) mass is 609 g/mol. The van der Waals surface area contributed by atoms with Crippen LogP contribution >= 0.6 is 0 Å². The maximum absolute atomic E-state index is 14.3. The quantitative estimate of drug-likeness (QED) is 0.158. The summed E-state index contributed by atoms with van der Waals surface area (Å²) >= 11 is 0. The molecule has 10 heteroatoms. The molecule has 3 heterocycles. The van der Waals surface area contributed by atoms with Crippen LogP contribution in [0.3, 0.4) is 0 Å². The van der Waals surface area contributed by atoms with Crippen molar-refractivity contribution in [3.63, 3.8) is 0 Å². The first kappa shape index (κ1) is 33.4. The molecule has 3 aliphatic heterocycles. The van der Waals surface area contributed by atoms with Gasteiger partial charge < -0.3 is 29.7 Å². The number of carbonyl (C=O) groups excluding carboxylic acids is 4. The fourth-order valence-corrected chi connectivity index (χ4v) is 7.05. The smallest absolute Gasteiger partial charge is 0.306 e. The van der Waals surface area contributed by atoms with E-state index in [9.17, 15) is 24.3 Å². The molecule has 3 aliphatic rings. The SMILES string of the molecule is C=CCCC(=O)OC[C@@H](NC(=O)[C@@H]1[C@H]2C(=O)N([C@H](C)CO)[C@H](C(=O)N(CC=C)CCCCC)[C@]23CC[C@H]1O3)c1ccccc1. The number of rotatable bonds is 17. The Balaban J connectivity index is 1.62. The van der Waals surface area contributed by atoms with E-state index in [-0.39, 0.29) is 37.4 Å². The molecule has 7 atom stereocenters. The van der Waals surface area contributed by atoms with Crippen LogP contribution in [0.2, 0.25) is 0 Å². The summed E-state index contributed by atoms with van der Waals surface area (Å²) < 4.78 is 12.1. The van der Waals surface area contributed by atoms with E-state index in [0.717, 1.165) is 24.8 Å². The van der Waals surface area contributed by atoms with Gasteiger partial charge in [-0.3, -0.25) is 19.2 Å². The van der Waals surface area contributed by atoms with E-state index in [1.165, 1.54) is 4.90 Å². The van der Waals surface area contributed by atoms with Crippen LogP contribution in [0, 0.1) is 11.8 Å². The fraction of sp³-hybridized carbons (Fsp3) is 0.588. The molecule has 0 saturated carbocycles. The van der Waals surface area contributed by atoms with Crippen LogP contribution in [-0.4, -0.2) is 88.7 Å². The summed E-state index contributed by atoms with van der Waals surface area (Å²) in [7, 11) is 0. The summed E-state index contributed by atoms with van der Waals surface area (Å²) in [5.41, 5.74) is -0.418. The predicted octanol–water partition coefficient (Wildman–Crippen LogP) is 3.31. The van der Waals surface area contributed by atoms with Gasteiger partial charge in [-0.05, 0) is 38.2 Å². The number of benzene rings is 1. The average molecular weight is 610 g/mol. The number of ether oxygens (including phenoxy) is 2. The summed E-state index contributed by atoms with van der Waals surface area (Å²) in [6.07, 6.45) is 7.21. The fourth-order valence-electron chi connectivity index (χ4n) is 7.05. The minimum Gasteiger partial charge on any atom is -0.463 e. The maximum Gasteiger partial charge on any atom is 0.306 e. The molecule has 3 saturated heterocycles. The zero-order chi connectivity index (χ0) is 31.9. The van der Waals surface area contributed by atoms with Crippen LogP contribution < -0.4 is 5.32 Å². The molecule has 2 N–H and O–H groups in total. The maximum atomic E-state index is 14.3. The number of esters is 1. The number of unbranched alkanes of at least 4 members (excludes halogenated alkanes) is 2. The molecule has 1 spiro atoms. The van der Waals surface area contributed by atoms with Gasteiger partial charge in [0.15, 0.2) is 0 Å². The van der Waals surface area contributed by atoms with E-state index in [0.29, 0.717) is 32.4 Å². The Hall–Kier alpha value is -3.50. The van der Waals surface area contributed by atoms with E-state index in [2.05, 4.69) is 25.4 Å².